The minimum Gasteiger partial charge on any atom is -0.325 e. The van der Waals surface area contributed by atoms with Gasteiger partial charge in [0.25, 0.3) is 0 Å². The smallest absolute Gasteiger partial charge is 0.156 e. The molecule has 6 heteroatoms. The fourth-order valence-corrected chi connectivity index (χ4v) is 3.44. The maximum absolute atomic E-state index is 13.3. The van der Waals surface area contributed by atoms with Crippen molar-refractivity contribution in [2.45, 2.75) is 25.1 Å². The number of hydrogen-bond donors (Lipinski definition) is 1. The lowest BCUT2D eigenvalue weighted by molar-refractivity contribution is 0.540. The molecule has 0 atom stereocenters. The van der Waals surface area contributed by atoms with Crippen molar-refractivity contribution in [3.8, 4) is 0 Å². The van der Waals surface area contributed by atoms with E-state index in [1.807, 2.05) is 0 Å². The molecule has 0 amide bonds. The predicted molar refractivity (Wildman–Crippen MR) is 62.1 cm³/mol. The summed E-state index contributed by atoms with van der Waals surface area (Å²) in [7, 11) is -3.52. The molecule has 0 fully saturated rings. The standard InChI is InChI=1S/C11H15F2NO2S/c1-11(2,14)7-17(15,16)6-8-3-4-9(12)5-10(8)13/h3-5H,6-7,14H2,1-2H3. The van der Waals surface area contributed by atoms with Crippen LogP contribution in [0.4, 0.5) is 8.78 Å². The Kier molecular flexibility index (Phi) is 3.88. The zero-order valence-electron chi connectivity index (χ0n) is 9.70. The summed E-state index contributed by atoms with van der Waals surface area (Å²) in [5.74, 6) is -2.32. The highest BCUT2D eigenvalue weighted by Crippen LogP contribution is 2.15. The van der Waals surface area contributed by atoms with E-state index in [1.54, 1.807) is 13.8 Å². The third kappa shape index (κ3) is 4.79. The van der Waals surface area contributed by atoms with Crippen molar-refractivity contribution in [3.63, 3.8) is 0 Å². The number of nitrogens with two attached hydrogens (primary N) is 1. The Balaban J connectivity index is 2.91. The first kappa shape index (κ1) is 14.1. The highest BCUT2D eigenvalue weighted by atomic mass is 32.2. The summed E-state index contributed by atoms with van der Waals surface area (Å²) in [4.78, 5) is 0. The number of hydrogen-bond acceptors (Lipinski definition) is 3. The minimum atomic E-state index is -3.52. The zero-order chi connectivity index (χ0) is 13.3. The Morgan fingerprint density at radius 2 is 1.88 bits per heavy atom. The Morgan fingerprint density at radius 3 is 2.35 bits per heavy atom. The van der Waals surface area contributed by atoms with Crippen molar-refractivity contribution in [1.29, 1.82) is 0 Å². The SMILES string of the molecule is CC(C)(N)CS(=O)(=O)Cc1ccc(F)cc1F. The van der Waals surface area contributed by atoms with Crippen LogP contribution in [0.3, 0.4) is 0 Å². The molecular formula is C11H15F2NO2S. The van der Waals surface area contributed by atoms with Crippen molar-refractivity contribution in [3.05, 3.63) is 35.4 Å². The molecule has 0 unspecified atom stereocenters. The Labute approximate surface area is 99.6 Å². The lowest BCUT2D eigenvalue weighted by Gasteiger charge is -2.18. The summed E-state index contributed by atoms with van der Waals surface area (Å²) < 4.78 is 49.3. The molecule has 1 aromatic rings. The summed E-state index contributed by atoms with van der Waals surface area (Å²) in [6.45, 7) is 3.15. The monoisotopic (exact) mass is 263 g/mol. The zero-order valence-corrected chi connectivity index (χ0v) is 10.5. The van der Waals surface area contributed by atoms with Gasteiger partial charge in [0.2, 0.25) is 0 Å². The first-order valence-electron chi connectivity index (χ1n) is 5.02. The van der Waals surface area contributed by atoms with Gasteiger partial charge >= 0.3 is 0 Å². The quantitative estimate of drug-likeness (QED) is 0.898. The van der Waals surface area contributed by atoms with Gasteiger partial charge in [0.15, 0.2) is 9.84 Å². The number of benzene rings is 1. The summed E-state index contributed by atoms with van der Waals surface area (Å²) in [5, 5.41) is 0. The average molecular weight is 263 g/mol. The minimum absolute atomic E-state index is 0.0457. The lowest BCUT2D eigenvalue weighted by atomic mass is 10.1. The van der Waals surface area contributed by atoms with Gasteiger partial charge in [-0.2, -0.15) is 0 Å². The van der Waals surface area contributed by atoms with E-state index < -0.39 is 32.8 Å². The summed E-state index contributed by atoms with van der Waals surface area (Å²) in [5.41, 5.74) is 4.68. The van der Waals surface area contributed by atoms with E-state index in [4.69, 9.17) is 5.73 Å². The van der Waals surface area contributed by atoms with Gasteiger partial charge in [-0.3, -0.25) is 0 Å². The van der Waals surface area contributed by atoms with Crippen LogP contribution in [0.25, 0.3) is 0 Å². The van der Waals surface area contributed by atoms with Crippen LogP contribution in [0.15, 0.2) is 18.2 Å². The molecule has 0 aliphatic heterocycles. The summed E-state index contributed by atoms with van der Waals surface area (Å²) in [6, 6.07) is 2.83. The summed E-state index contributed by atoms with van der Waals surface area (Å²) >= 11 is 0. The first-order chi connectivity index (χ1) is 7.59. The normalized spacial score (nSPS) is 12.8. The van der Waals surface area contributed by atoms with Gasteiger partial charge in [0.05, 0.1) is 11.5 Å². The third-order valence-electron chi connectivity index (χ3n) is 1.98. The largest absolute Gasteiger partial charge is 0.325 e. The van der Waals surface area contributed by atoms with E-state index >= 15 is 0 Å². The molecule has 0 aliphatic rings. The lowest BCUT2D eigenvalue weighted by Crippen LogP contribution is -2.40. The molecule has 0 saturated heterocycles. The Morgan fingerprint density at radius 1 is 1.29 bits per heavy atom. The Hall–Kier alpha value is -1.01. The molecule has 0 bridgehead atoms. The number of halogens is 2. The molecule has 0 radical (unpaired) electrons. The molecule has 2 N–H and O–H groups in total. The van der Waals surface area contributed by atoms with Crippen molar-refractivity contribution in [1.82, 2.24) is 0 Å². The highest BCUT2D eigenvalue weighted by Gasteiger charge is 2.23. The van der Waals surface area contributed by atoms with Gasteiger partial charge in [-0.1, -0.05) is 6.07 Å². The van der Waals surface area contributed by atoms with Crippen LogP contribution < -0.4 is 5.73 Å². The predicted octanol–water partition coefficient (Wildman–Crippen LogP) is 1.62. The average Bonchev–Trinajstić information content (AvgIpc) is 2.05. The van der Waals surface area contributed by atoms with Crippen LogP contribution in [0.5, 0.6) is 0 Å². The molecule has 0 aliphatic carbocycles. The number of sulfone groups is 1. The van der Waals surface area contributed by atoms with E-state index in [2.05, 4.69) is 0 Å². The summed E-state index contributed by atoms with van der Waals surface area (Å²) in [6.07, 6.45) is 0. The maximum atomic E-state index is 13.3. The third-order valence-corrected chi connectivity index (χ3v) is 3.92. The second kappa shape index (κ2) is 4.70. The first-order valence-corrected chi connectivity index (χ1v) is 6.84. The van der Waals surface area contributed by atoms with Gasteiger partial charge in [-0.25, -0.2) is 17.2 Å². The van der Waals surface area contributed by atoms with Crippen molar-refractivity contribution in [2.24, 2.45) is 5.73 Å². The molecular weight excluding hydrogens is 248 g/mol. The van der Waals surface area contributed by atoms with Crippen LogP contribution in [0, 0.1) is 11.6 Å². The molecule has 0 saturated carbocycles. The van der Waals surface area contributed by atoms with E-state index in [1.165, 1.54) is 0 Å². The molecule has 0 aromatic heterocycles. The molecule has 17 heavy (non-hydrogen) atoms. The molecule has 0 heterocycles. The van der Waals surface area contributed by atoms with Gasteiger partial charge in [-0.05, 0) is 19.9 Å². The van der Waals surface area contributed by atoms with E-state index in [-0.39, 0.29) is 11.3 Å². The Bertz CT molecular complexity index is 507. The molecule has 0 spiro atoms. The van der Waals surface area contributed by atoms with E-state index in [0.717, 1.165) is 12.1 Å². The molecule has 1 rings (SSSR count). The van der Waals surface area contributed by atoms with Crippen LogP contribution >= 0.6 is 0 Å². The molecule has 1 aromatic carbocycles. The van der Waals surface area contributed by atoms with Crippen LogP contribution in [-0.4, -0.2) is 19.7 Å². The second-order valence-electron chi connectivity index (χ2n) is 4.76. The van der Waals surface area contributed by atoms with Gasteiger partial charge in [0, 0.05) is 17.2 Å². The fraction of sp³-hybridized carbons (Fsp3) is 0.455. The van der Waals surface area contributed by atoms with Gasteiger partial charge < -0.3 is 5.73 Å². The van der Waals surface area contributed by atoms with Crippen molar-refractivity contribution >= 4 is 9.84 Å². The van der Waals surface area contributed by atoms with Gasteiger partial charge in [-0.15, -0.1) is 0 Å². The van der Waals surface area contributed by atoms with E-state index in [9.17, 15) is 17.2 Å². The number of rotatable bonds is 4. The van der Waals surface area contributed by atoms with Crippen molar-refractivity contribution in [2.75, 3.05) is 5.75 Å². The molecule has 96 valence electrons. The fourth-order valence-electron chi connectivity index (χ4n) is 1.49. The second-order valence-corrected chi connectivity index (χ2v) is 6.82. The molecule has 3 nitrogen and oxygen atoms in total. The van der Waals surface area contributed by atoms with Crippen LogP contribution in [0.2, 0.25) is 0 Å². The highest BCUT2D eigenvalue weighted by molar-refractivity contribution is 7.90. The topological polar surface area (TPSA) is 60.2 Å². The van der Waals surface area contributed by atoms with Crippen LogP contribution in [0.1, 0.15) is 19.4 Å². The van der Waals surface area contributed by atoms with Crippen LogP contribution in [-0.2, 0) is 15.6 Å². The van der Waals surface area contributed by atoms with Gasteiger partial charge in [0.1, 0.15) is 11.6 Å². The van der Waals surface area contributed by atoms with Crippen molar-refractivity contribution < 1.29 is 17.2 Å². The maximum Gasteiger partial charge on any atom is 0.156 e. The van der Waals surface area contributed by atoms with E-state index in [0.29, 0.717) is 6.07 Å².